The van der Waals surface area contributed by atoms with E-state index in [0.717, 1.165) is 73.1 Å². The van der Waals surface area contributed by atoms with Gasteiger partial charge in [0, 0.05) is 0 Å². The summed E-state index contributed by atoms with van der Waals surface area (Å²) in [6.07, 6.45) is 22.2. The molecule has 0 aromatic heterocycles. The van der Waals surface area contributed by atoms with Crippen LogP contribution in [-0.2, 0) is 15.7 Å². The van der Waals surface area contributed by atoms with Gasteiger partial charge in [-0.1, -0.05) is 0 Å². The Bertz CT molecular complexity index is 514. The van der Waals surface area contributed by atoms with Gasteiger partial charge < -0.3 is 0 Å². The zero-order valence-electron chi connectivity index (χ0n) is 24.7. The fourth-order valence-corrected chi connectivity index (χ4v) is 15.6. The van der Waals surface area contributed by atoms with E-state index in [1.165, 1.54) is 64.2 Å². The summed E-state index contributed by atoms with van der Waals surface area (Å²) in [7, 11) is 0. The van der Waals surface area contributed by atoms with Gasteiger partial charge in [0.25, 0.3) is 0 Å². The minimum absolute atomic E-state index is 0.270. The molecule has 0 aliphatic heterocycles. The molecule has 0 fully saturated rings. The van der Waals surface area contributed by atoms with Crippen molar-refractivity contribution in [3.63, 3.8) is 0 Å². The van der Waals surface area contributed by atoms with Gasteiger partial charge >= 0.3 is 248 Å². The van der Waals surface area contributed by atoms with Crippen molar-refractivity contribution in [2.24, 2.45) is 0 Å². The van der Waals surface area contributed by atoms with Gasteiger partial charge in [-0.25, -0.2) is 0 Å². The summed E-state index contributed by atoms with van der Waals surface area (Å²) in [5, 5.41) is -0.874. The first-order valence-corrected chi connectivity index (χ1v) is 23.1. The van der Waals surface area contributed by atoms with E-state index in [-0.39, 0.29) is 11.9 Å². The summed E-state index contributed by atoms with van der Waals surface area (Å²) in [6, 6.07) is 0. The molecule has 0 spiro atoms. The Morgan fingerprint density at radius 1 is 0.514 bits per heavy atom. The standard InChI is InChI=1S/2C11H22O2S.2C4H9.Sn/c2*1-2-3-4-5-6-7-8-9-10(14)11(12)13;2*1-3-4-2;/h2*10,14H,2-9H2,1H3,(H,12,13);2*1,3-4H2,2H3;/q;;;;+2/p-2. The van der Waals surface area contributed by atoms with Crippen molar-refractivity contribution in [2.75, 3.05) is 0 Å². The minimum atomic E-state index is -3.96. The van der Waals surface area contributed by atoms with E-state index < -0.39 is 29.7 Å². The fraction of sp³-hybridized carbons (Fsp3) is 0.933. The molecule has 0 aromatic carbocycles. The average molecular weight is 668 g/mol. The molecular formula is C30H60O4S2Sn. The van der Waals surface area contributed by atoms with Crippen molar-refractivity contribution in [1.82, 2.24) is 0 Å². The Labute approximate surface area is 246 Å². The first-order valence-electron chi connectivity index (χ1n) is 15.7. The van der Waals surface area contributed by atoms with Crippen molar-refractivity contribution in [3.8, 4) is 0 Å². The predicted molar refractivity (Wildman–Crippen MR) is 168 cm³/mol. The van der Waals surface area contributed by atoms with Crippen molar-refractivity contribution in [3.05, 3.63) is 0 Å². The van der Waals surface area contributed by atoms with E-state index in [1.54, 1.807) is 0 Å². The molecule has 2 atom stereocenters. The molecule has 4 nitrogen and oxygen atoms in total. The molecule has 0 radical (unpaired) electrons. The Hall–Kier alpha value is 0.439. The van der Waals surface area contributed by atoms with Gasteiger partial charge in [0.2, 0.25) is 0 Å². The summed E-state index contributed by atoms with van der Waals surface area (Å²) >= 11 is 5.24. The zero-order valence-corrected chi connectivity index (χ0v) is 29.4. The van der Waals surface area contributed by atoms with Crippen molar-refractivity contribution < 1.29 is 15.7 Å². The molecule has 37 heavy (non-hydrogen) atoms. The van der Waals surface area contributed by atoms with Crippen LogP contribution in [0.15, 0.2) is 0 Å². The molecule has 0 saturated heterocycles. The summed E-state index contributed by atoms with van der Waals surface area (Å²) in [4.78, 5) is 26.2. The SMILES string of the molecule is CCCCCCCCCC(S)C(=O)[O][Sn]([CH2]CCC)([CH2]CCC)[O]C(=O)C(S)CCCCCCCCC. The van der Waals surface area contributed by atoms with E-state index in [0.29, 0.717) is 0 Å². The monoisotopic (exact) mass is 668 g/mol. The van der Waals surface area contributed by atoms with Crippen molar-refractivity contribution >= 4 is 56.4 Å². The van der Waals surface area contributed by atoms with Gasteiger partial charge in [-0.15, -0.1) is 0 Å². The fourth-order valence-electron chi connectivity index (χ4n) is 4.57. The second kappa shape index (κ2) is 25.4. The van der Waals surface area contributed by atoms with Crippen LogP contribution in [0.4, 0.5) is 0 Å². The molecule has 0 rings (SSSR count). The topological polar surface area (TPSA) is 52.6 Å². The summed E-state index contributed by atoms with van der Waals surface area (Å²) in [5.74, 6) is -0.541. The summed E-state index contributed by atoms with van der Waals surface area (Å²) in [5.41, 5.74) is 0. The van der Waals surface area contributed by atoms with Crippen molar-refractivity contribution in [2.45, 2.75) is 175 Å². The van der Waals surface area contributed by atoms with Gasteiger partial charge in [-0.2, -0.15) is 0 Å². The van der Waals surface area contributed by atoms with Gasteiger partial charge in [0.1, 0.15) is 0 Å². The Morgan fingerprint density at radius 3 is 1.14 bits per heavy atom. The first-order chi connectivity index (χ1) is 17.9. The van der Waals surface area contributed by atoms with Crippen LogP contribution in [0.2, 0.25) is 8.87 Å². The normalized spacial score (nSPS) is 13.4. The van der Waals surface area contributed by atoms with Crippen LogP contribution in [-0.4, -0.2) is 41.6 Å². The quantitative estimate of drug-likeness (QED) is 0.0548. The third kappa shape index (κ3) is 20.0. The van der Waals surface area contributed by atoms with Gasteiger partial charge in [0.15, 0.2) is 0 Å². The molecule has 0 amide bonds. The van der Waals surface area contributed by atoms with E-state index >= 15 is 0 Å². The summed E-state index contributed by atoms with van der Waals surface area (Å²) in [6.45, 7) is 8.72. The van der Waals surface area contributed by atoms with Crippen LogP contribution in [0.25, 0.3) is 0 Å². The molecule has 2 unspecified atom stereocenters. The van der Waals surface area contributed by atoms with Gasteiger partial charge in [0.05, 0.1) is 0 Å². The van der Waals surface area contributed by atoms with Gasteiger partial charge in [-0.05, 0) is 0 Å². The van der Waals surface area contributed by atoms with Crippen LogP contribution in [0.1, 0.15) is 156 Å². The first kappa shape index (κ1) is 37.4. The third-order valence-electron chi connectivity index (χ3n) is 7.10. The average Bonchev–Trinajstić information content (AvgIpc) is 2.89. The summed E-state index contributed by atoms with van der Waals surface area (Å²) < 4.78 is 13.9. The molecule has 0 aromatic rings. The molecule has 0 aliphatic rings. The van der Waals surface area contributed by atoms with Crippen LogP contribution < -0.4 is 0 Å². The second-order valence-corrected chi connectivity index (χ2v) is 21.3. The number of hydrogen-bond acceptors (Lipinski definition) is 6. The Kier molecular flexibility index (Phi) is 25.7. The number of rotatable bonds is 26. The van der Waals surface area contributed by atoms with Crippen LogP contribution in [0, 0.1) is 0 Å². The molecule has 0 aliphatic carbocycles. The predicted octanol–water partition coefficient (Wildman–Crippen LogP) is 9.99. The van der Waals surface area contributed by atoms with Crippen LogP contribution in [0.5, 0.6) is 0 Å². The number of hydrogen-bond donors (Lipinski definition) is 2. The third-order valence-corrected chi connectivity index (χ3v) is 17.7. The Morgan fingerprint density at radius 2 is 0.811 bits per heavy atom. The molecule has 0 heterocycles. The second-order valence-electron chi connectivity index (χ2n) is 10.8. The number of thiol groups is 2. The van der Waals surface area contributed by atoms with E-state index in [4.69, 9.17) is 6.15 Å². The number of carbonyl (C=O) groups excluding carboxylic acids is 2. The van der Waals surface area contributed by atoms with E-state index in [1.807, 2.05) is 0 Å². The Balaban J connectivity index is 4.91. The molecule has 220 valence electrons. The molecule has 0 saturated carbocycles. The van der Waals surface area contributed by atoms with E-state index in [2.05, 4.69) is 53.0 Å². The van der Waals surface area contributed by atoms with Crippen LogP contribution >= 0.6 is 25.3 Å². The molecule has 0 N–H and O–H groups in total. The zero-order chi connectivity index (χ0) is 27.8. The van der Waals surface area contributed by atoms with E-state index in [9.17, 15) is 9.59 Å². The number of carbonyl (C=O) groups is 2. The maximum atomic E-state index is 13.1. The van der Waals surface area contributed by atoms with Gasteiger partial charge in [-0.3, -0.25) is 0 Å². The number of unbranched alkanes of at least 4 members (excludes halogenated alkanes) is 14. The molecule has 0 bridgehead atoms. The molecule has 7 heteroatoms. The van der Waals surface area contributed by atoms with Crippen molar-refractivity contribution in [1.29, 1.82) is 0 Å². The molecular weight excluding hydrogens is 607 g/mol. The maximum absolute atomic E-state index is 13.1. The van der Waals surface area contributed by atoms with Crippen LogP contribution in [0.3, 0.4) is 0 Å².